The van der Waals surface area contributed by atoms with Gasteiger partial charge in [-0.2, -0.15) is 0 Å². The van der Waals surface area contributed by atoms with Crippen LogP contribution >= 0.6 is 0 Å². The lowest BCUT2D eigenvalue weighted by Gasteiger charge is -2.25. The summed E-state index contributed by atoms with van der Waals surface area (Å²) in [4.78, 5) is 11.2. The van der Waals surface area contributed by atoms with E-state index < -0.39 is 0 Å². The van der Waals surface area contributed by atoms with Crippen molar-refractivity contribution in [2.75, 3.05) is 13.2 Å². The number of nitrogens with zero attached hydrogens (tertiary/aromatic N) is 3. The molecule has 0 aliphatic rings. The van der Waals surface area contributed by atoms with Crippen molar-refractivity contribution < 1.29 is 14.6 Å². The first-order valence-corrected chi connectivity index (χ1v) is 12.4. The van der Waals surface area contributed by atoms with Crippen LogP contribution in [-0.4, -0.2) is 44.7 Å². The van der Waals surface area contributed by atoms with E-state index in [4.69, 9.17) is 9.84 Å². The van der Waals surface area contributed by atoms with Gasteiger partial charge in [0.2, 0.25) is 0 Å². The third kappa shape index (κ3) is 23.0. The second kappa shape index (κ2) is 23.2. The van der Waals surface area contributed by atoms with E-state index in [1.165, 1.54) is 6.08 Å². The number of aromatic nitrogens is 3. The molecule has 0 saturated heterocycles. The molecule has 7 nitrogen and oxygen atoms in total. The lowest BCUT2D eigenvalue weighted by molar-refractivity contribution is -0.114. The van der Waals surface area contributed by atoms with Crippen molar-refractivity contribution in [3.8, 4) is 0 Å². The van der Waals surface area contributed by atoms with Gasteiger partial charge < -0.3 is 15.2 Å². The summed E-state index contributed by atoms with van der Waals surface area (Å²) in [6.07, 6.45) is 7.53. The summed E-state index contributed by atoms with van der Waals surface area (Å²) in [5, 5.41) is 19.3. The zero-order valence-electron chi connectivity index (χ0n) is 23.1. The van der Waals surface area contributed by atoms with E-state index >= 15 is 0 Å². The second-order valence-corrected chi connectivity index (χ2v) is 7.95. The highest BCUT2D eigenvalue weighted by atomic mass is 16.5. The quantitative estimate of drug-likeness (QED) is 0.285. The van der Waals surface area contributed by atoms with Gasteiger partial charge in [-0.05, 0) is 44.8 Å². The predicted molar refractivity (Wildman–Crippen MR) is 140 cm³/mol. The van der Waals surface area contributed by atoms with Gasteiger partial charge in [-0.25, -0.2) is 4.68 Å². The lowest BCUT2D eigenvalue weighted by atomic mass is 10.1. The SMILES string of the molecule is C=C(/C=C/C(=O)CC)NCc1cn(CC(C)(C)OCCC(C)C)nn1.CC.CC.CCCO. The molecule has 0 aliphatic carbocycles. The van der Waals surface area contributed by atoms with Crippen LogP contribution in [0.5, 0.6) is 0 Å². The van der Waals surface area contributed by atoms with Crippen molar-refractivity contribution in [1.82, 2.24) is 20.3 Å². The van der Waals surface area contributed by atoms with Crippen LogP contribution in [0.4, 0.5) is 0 Å². The minimum Gasteiger partial charge on any atom is -0.396 e. The van der Waals surface area contributed by atoms with E-state index in [1.54, 1.807) is 10.8 Å². The number of ether oxygens (including phenoxy) is 1. The van der Waals surface area contributed by atoms with Gasteiger partial charge in [-0.15, -0.1) is 5.10 Å². The molecule has 0 saturated carbocycles. The van der Waals surface area contributed by atoms with E-state index in [2.05, 4.69) is 49.9 Å². The van der Waals surface area contributed by atoms with Crippen LogP contribution in [0.3, 0.4) is 0 Å². The number of aliphatic hydroxyl groups excluding tert-OH is 1. The molecule has 1 aromatic rings. The number of carbonyl (C=O) groups is 1. The molecule has 1 aromatic heterocycles. The number of nitrogens with one attached hydrogen (secondary N) is 1. The number of aliphatic hydroxyl groups is 1. The van der Waals surface area contributed by atoms with Crippen LogP contribution in [0.2, 0.25) is 0 Å². The highest BCUT2D eigenvalue weighted by Crippen LogP contribution is 2.14. The normalized spacial score (nSPS) is 10.4. The van der Waals surface area contributed by atoms with Crippen LogP contribution in [0, 0.1) is 5.92 Å². The van der Waals surface area contributed by atoms with E-state index in [9.17, 15) is 4.79 Å². The van der Waals surface area contributed by atoms with Crippen LogP contribution in [0.25, 0.3) is 0 Å². The Morgan fingerprint density at radius 3 is 2.30 bits per heavy atom. The summed E-state index contributed by atoms with van der Waals surface area (Å²) < 4.78 is 7.75. The van der Waals surface area contributed by atoms with E-state index in [0.29, 0.717) is 37.7 Å². The minimum atomic E-state index is -0.292. The fraction of sp³-hybridized carbons (Fsp3) is 0.731. The van der Waals surface area contributed by atoms with E-state index in [-0.39, 0.29) is 11.4 Å². The summed E-state index contributed by atoms with van der Waals surface area (Å²) in [5.41, 5.74) is 1.20. The molecule has 0 spiro atoms. The molecule has 0 amide bonds. The Balaban J connectivity index is -0.000000988. The molecule has 0 aromatic carbocycles. The standard InChI is InChI=1S/C19H32N4O2.C3H8O.2C2H6/c1-7-18(24)9-8-16(4)20-12-17-13-23(22-21-17)14-19(5,6)25-11-10-15(2)3;1-2-3-4;2*1-2/h8-9,13,15,20H,4,7,10-12,14H2,1-3,5-6H3;4H,2-3H2,1H3;2*1-2H3/b9-8+;;;. The summed E-state index contributed by atoms with van der Waals surface area (Å²) in [6.45, 7) is 26.3. The average Bonchev–Trinajstić information content (AvgIpc) is 3.24. The van der Waals surface area contributed by atoms with Gasteiger partial charge in [0.15, 0.2) is 5.78 Å². The molecule has 0 unspecified atom stereocenters. The number of carbonyl (C=O) groups excluding carboxylic acids is 1. The molecule has 0 bridgehead atoms. The molecule has 2 N–H and O–H groups in total. The molecule has 7 heteroatoms. The van der Waals surface area contributed by atoms with Gasteiger partial charge in [0, 0.05) is 25.3 Å². The van der Waals surface area contributed by atoms with Crippen molar-refractivity contribution in [2.45, 2.75) is 107 Å². The summed E-state index contributed by atoms with van der Waals surface area (Å²) in [5.74, 6) is 0.711. The molecule has 0 aliphatic heterocycles. The van der Waals surface area contributed by atoms with Gasteiger partial charge in [-0.3, -0.25) is 4.79 Å². The second-order valence-electron chi connectivity index (χ2n) is 7.95. The van der Waals surface area contributed by atoms with Gasteiger partial charge >= 0.3 is 0 Å². The van der Waals surface area contributed by atoms with Gasteiger partial charge in [0.25, 0.3) is 0 Å². The van der Waals surface area contributed by atoms with Crippen LogP contribution in [0.15, 0.2) is 30.6 Å². The number of ketones is 1. The Morgan fingerprint density at radius 2 is 1.82 bits per heavy atom. The van der Waals surface area contributed by atoms with Crippen LogP contribution < -0.4 is 5.32 Å². The Morgan fingerprint density at radius 1 is 1.24 bits per heavy atom. The molecule has 0 fully saturated rings. The smallest absolute Gasteiger partial charge is 0.155 e. The molecular formula is C26H52N4O3. The summed E-state index contributed by atoms with van der Waals surface area (Å²) >= 11 is 0. The lowest BCUT2D eigenvalue weighted by Crippen LogP contribution is -2.31. The van der Waals surface area contributed by atoms with Crippen molar-refractivity contribution in [3.63, 3.8) is 0 Å². The van der Waals surface area contributed by atoms with Crippen molar-refractivity contribution in [1.29, 1.82) is 0 Å². The Hall–Kier alpha value is -1.99. The minimum absolute atomic E-state index is 0.0774. The summed E-state index contributed by atoms with van der Waals surface area (Å²) in [6, 6.07) is 0. The third-order valence-electron chi connectivity index (χ3n) is 3.86. The molecule has 33 heavy (non-hydrogen) atoms. The summed E-state index contributed by atoms with van der Waals surface area (Å²) in [7, 11) is 0. The van der Waals surface area contributed by atoms with Gasteiger partial charge in [0.05, 0.1) is 24.9 Å². The van der Waals surface area contributed by atoms with Crippen molar-refractivity contribution in [3.05, 3.63) is 36.3 Å². The molecule has 194 valence electrons. The number of allylic oxidation sites excluding steroid dienone is 2. The van der Waals surface area contributed by atoms with E-state index in [1.807, 2.05) is 47.7 Å². The Kier molecular flexibility index (Phi) is 25.0. The highest BCUT2D eigenvalue weighted by molar-refractivity contribution is 5.89. The maximum atomic E-state index is 11.2. The van der Waals surface area contributed by atoms with Gasteiger partial charge in [-0.1, -0.05) is 67.2 Å². The maximum absolute atomic E-state index is 11.2. The molecule has 0 radical (unpaired) electrons. The monoisotopic (exact) mass is 468 g/mol. The first-order valence-electron chi connectivity index (χ1n) is 12.4. The molecular weight excluding hydrogens is 416 g/mol. The Bertz CT molecular complexity index is 621. The average molecular weight is 469 g/mol. The highest BCUT2D eigenvalue weighted by Gasteiger charge is 2.20. The first kappa shape index (κ1) is 35.6. The largest absolute Gasteiger partial charge is 0.396 e. The zero-order chi connectivity index (χ0) is 26.3. The number of rotatable bonds is 13. The fourth-order valence-electron chi connectivity index (χ4n) is 2.08. The fourth-order valence-corrected chi connectivity index (χ4v) is 2.08. The first-order chi connectivity index (χ1) is 15.6. The Labute approximate surface area is 203 Å². The maximum Gasteiger partial charge on any atom is 0.155 e. The number of hydrogen-bond acceptors (Lipinski definition) is 6. The van der Waals surface area contributed by atoms with Crippen molar-refractivity contribution in [2.24, 2.45) is 5.92 Å². The molecule has 1 heterocycles. The van der Waals surface area contributed by atoms with Crippen LogP contribution in [0.1, 0.15) is 94.2 Å². The molecule has 0 atom stereocenters. The predicted octanol–water partition coefficient (Wildman–Crippen LogP) is 5.70. The topological polar surface area (TPSA) is 89.3 Å². The third-order valence-corrected chi connectivity index (χ3v) is 3.86. The number of hydrogen-bond donors (Lipinski definition) is 2. The zero-order valence-corrected chi connectivity index (χ0v) is 23.1. The van der Waals surface area contributed by atoms with E-state index in [0.717, 1.165) is 25.1 Å². The van der Waals surface area contributed by atoms with Crippen molar-refractivity contribution >= 4 is 5.78 Å². The van der Waals surface area contributed by atoms with Crippen LogP contribution in [-0.2, 0) is 22.6 Å². The molecule has 1 rings (SSSR count). The van der Waals surface area contributed by atoms with Gasteiger partial charge in [0.1, 0.15) is 5.69 Å².